The van der Waals surface area contributed by atoms with Crippen molar-refractivity contribution in [1.82, 2.24) is 0 Å². The smallest absolute Gasteiger partial charge is 0.195 e. The predicted octanol–water partition coefficient (Wildman–Crippen LogP) is 3.78. The summed E-state index contributed by atoms with van der Waals surface area (Å²) in [5.74, 6) is -0.420. The molecule has 3 heteroatoms. The minimum Gasteiger partial charge on any atom is -0.288 e. The molecule has 1 aromatic carbocycles. The highest BCUT2D eigenvalue weighted by molar-refractivity contribution is 7.12. The fraction of sp³-hybridized carbons (Fsp3) is 0. The first-order chi connectivity index (χ1) is 7.77. The lowest BCUT2D eigenvalue weighted by Crippen LogP contribution is -1.89. The Kier molecular flexibility index (Phi) is 3.27. The Hall–Kier alpha value is -1.74. The Balaban J connectivity index is 2.16. The number of thiophene rings is 1. The minimum atomic E-state index is -0.322. The van der Waals surface area contributed by atoms with Crippen molar-refractivity contribution < 1.29 is 9.18 Å². The Labute approximate surface area is 96.9 Å². The number of ketones is 1. The summed E-state index contributed by atoms with van der Waals surface area (Å²) < 4.78 is 13.2. The maximum atomic E-state index is 13.2. The van der Waals surface area contributed by atoms with E-state index in [4.69, 9.17) is 0 Å². The molecule has 0 saturated carbocycles. The molecule has 2 aromatic rings. The minimum absolute atomic E-state index is 0.0988. The van der Waals surface area contributed by atoms with Crippen LogP contribution in [0.4, 0.5) is 4.39 Å². The van der Waals surface area contributed by atoms with Crippen LogP contribution in [0, 0.1) is 5.82 Å². The molecule has 0 spiro atoms. The summed E-state index contributed by atoms with van der Waals surface area (Å²) in [6.45, 7) is 0. The molecule has 2 rings (SSSR count). The van der Waals surface area contributed by atoms with Crippen molar-refractivity contribution in [3.05, 3.63) is 64.1 Å². The number of rotatable bonds is 3. The van der Waals surface area contributed by atoms with Crippen LogP contribution < -0.4 is 0 Å². The highest BCUT2D eigenvalue weighted by Crippen LogP contribution is 2.12. The van der Waals surface area contributed by atoms with E-state index in [1.54, 1.807) is 24.3 Å². The molecular weight excluding hydrogens is 223 g/mol. The van der Waals surface area contributed by atoms with Gasteiger partial charge >= 0.3 is 0 Å². The standard InChI is InChI=1S/C13H9FOS/c14-11-5-2-1-4-10(11)7-8-12(15)13-6-3-9-16-13/h1-9H/b8-7+. The summed E-state index contributed by atoms with van der Waals surface area (Å²) in [7, 11) is 0. The van der Waals surface area contributed by atoms with Crippen LogP contribution in [0.5, 0.6) is 0 Å². The zero-order chi connectivity index (χ0) is 11.4. The van der Waals surface area contributed by atoms with E-state index < -0.39 is 0 Å². The molecule has 1 nitrogen and oxygen atoms in total. The molecule has 0 amide bonds. The van der Waals surface area contributed by atoms with Gasteiger partial charge in [0.1, 0.15) is 5.82 Å². The monoisotopic (exact) mass is 232 g/mol. The van der Waals surface area contributed by atoms with E-state index in [9.17, 15) is 9.18 Å². The van der Waals surface area contributed by atoms with Gasteiger partial charge in [0.2, 0.25) is 0 Å². The van der Waals surface area contributed by atoms with Crippen molar-refractivity contribution in [2.24, 2.45) is 0 Å². The van der Waals surface area contributed by atoms with Crippen LogP contribution >= 0.6 is 11.3 Å². The first-order valence-corrected chi connectivity index (χ1v) is 5.66. The van der Waals surface area contributed by atoms with Gasteiger partial charge in [-0.25, -0.2) is 4.39 Å². The topological polar surface area (TPSA) is 17.1 Å². The number of halogens is 1. The summed E-state index contributed by atoms with van der Waals surface area (Å²) >= 11 is 1.38. The van der Waals surface area contributed by atoms with Gasteiger partial charge in [0.05, 0.1) is 4.88 Å². The van der Waals surface area contributed by atoms with Crippen molar-refractivity contribution >= 4 is 23.2 Å². The number of hydrogen-bond acceptors (Lipinski definition) is 2. The molecule has 0 aliphatic heterocycles. The number of allylic oxidation sites excluding steroid dienone is 1. The van der Waals surface area contributed by atoms with Crippen LogP contribution in [0.1, 0.15) is 15.2 Å². The van der Waals surface area contributed by atoms with E-state index >= 15 is 0 Å². The lowest BCUT2D eigenvalue weighted by atomic mass is 10.2. The average Bonchev–Trinajstić information content (AvgIpc) is 2.81. The molecule has 0 atom stereocenters. The lowest BCUT2D eigenvalue weighted by Gasteiger charge is -1.94. The molecule has 0 unspecified atom stereocenters. The van der Waals surface area contributed by atoms with Gasteiger partial charge < -0.3 is 0 Å². The Morgan fingerprint density at radius 3 is 2.69 bits per heavy atom. The quantitative estimate of drug-likeness (QED) is 0.581. The van der Waals surface area contributed by atoms with E-state index in [1.807, 2.05) is 11.4 Å². The molecule has 0 N–H and O–H groups in total. The first-order valence-electron chi connectivity index (χ1n) is 4.78. The molecule has 0 saturated heterocycles. The highest BCUT2D eigenvalue weighted by atomic mass is 32.1. The third-order valence-corrected chi connectivity index (χ3v) is 2.97. The molecule has 0 radical (unpaired) electrons. The van der Waals surface area contributed by atoms with Crippen LogP contribution in [0.15, 0.2) is 47.9 Å². The van der Waals surface area contributed by atoms with Gasteiger partial charge in [-0.15, -0.1) is 11.3 Å². The molecule has 16 heavy (non-hydrogen) atoms. The normalized spacial score (nSPS) is 10.8. The summed E-state index contributed by atoms with van der Waals surface area (Å²) in [6, 6.07) is 9.92. The second-order valence-electron chi connectivity index (χ2n) is 3.20. The van der Waals surface area contributed by atoms with E-state index in [1.165, 1.54) is 29.6 Å². The number of carbonyl (C=O) groups is 1. The summed E-state index contributed by atoms with van der Waals surface area (Å²) in [5, 5.41) is 1.84. The Morgan fingerprint density at radius 2 is 2.00 bits per heavy atom. The van der Waals surface area contributed by atoms with Crippen molar-refractivity contribution in [3.8, 4) is 0 Å². The van der Waals surface area contributed by atoms with Gasteiger partial charge in [0, 0.05) is 5.56 Å². The molecule has 1 aromatic heterocycles. The molecule has 0 bridgehead atoms. The largest absolute Gasteiger partial charge is 0.288 e. The van der Waals surface area contributed by atoms with Crippen molar-refractivity contribution in [2.45, 2.75) is 0 Å². The van der Waals surface area contributed by atoms with Gasteiger partial charge in [-0.1, -0.05) is 24.3 Å². The lowest BCUT2D eigenvalue weighted by molar-refractivity contribution is 0.105. The fourth-order valence-corrected chi connectivity index (χ4v) is 1.92. The van der Waals surface area contributed by atoms with Crippen LogP contribution in [0.3, 0.4) is 0 Å². The highest BCUT2D eigenvalue weighted by Gasteiger charge is 2.02. The van der Waals surface area contributed by atoms with E-state index in [0.717, 1.165) is 0 Å². The maximum Gasteiger partial charge on any atom is 0.195 e. The zero-order valence-electron chi connectivity index (χ0n) is 8.39. The first kappa shape index (κ1) is 10.8. The van der Waals surface area contributed by atoms with Gasteiger partial charge in [0.25, 0.3) is 0 Å². The molecule has 0 aliphatic rings. The molecule has 0 fully saturated rings. The number of hydrogen-bond donors (Lipinski definition) is 0. The van der Waals surface area contributed by atoms with Gasteiger partial charge in [0.15, 0.2) is 5.78 Å². The van der Waals surface area contributed by atoms with Crippen molar-refractivity contribution in [2.75, 3.05) is 0 Å². The maximum absolute atomic E-state index is 13.2. The second kappa shape index (κ2) is 4.86. The van der Waals surface area contributed by atoms with E-state index in [-0.39, 0.29) is 11.6 Å². The van der Waals surface area contributed by atoms with Gasteiger partial charge in [-0.3, -0.25) is 4.79 Å². The predicted molar refractivity (Wildman–Crippen MR) is 64.1 cm³/mol. The summed E-state index contributed by atoms with van der Waals surface area (Å²) in [4.78, 5) is 12.3. The molecular formula is C13H9FOS. The van der Waals surface area contributed by atoms with Crippen LogP contribution in [0.2, 0.25) is 0 Å². The zero-order valence-corrected chi connectivity index (χ0v) is 9.21. The summed E-state index contributed by atoms with van der Waals surface area (Å²) in [5.41, 5.74) is 0.424. The van der Waals surface area contributed by atoms with E-state index in [0.29, 0.717) is 10.4 Å². The fourth-order valence-electron chi connectivity index (χ4n) is 1.28. The van der Waals surface area contributed by atoms with Crippen molar-refractivity contribution in [1.29, 1.82) is 0 Å². The van der Waals surface area contributed by atoms with Crippen LogP contribution in [-0.2, 0) is 0 Å². The van der Waals surface area contributed by atoms with Crippen LogP contribution in [-0.4, -0.2) is 5.78 Å². The SMILES string of the molecule is O=C(/C=C/c1ccccc1F)c1cccs1. The molecule has 80 valence electrons. The Bertz CT molecular complexity index is 514. The average molecular weight is 232 g/mol. The Morgan fingerprint density at radius 1 is 1.19 bits per heavy atom. The number of carbonyl (C=O) groups excluding carboxylic acids is 1. The third-order valence-electron chi connectivity index (χ3n) is 2.08. The molecule has 0 aliphatic carbocycles. The van der Waals surface area contributed by atoms with Crippen LogP contribution in [0.25, 0.3) is 6.08 Å². The molecule has 1 heterocycles. The third kappa shape index (κ3) is 2.44. The van der Waals surface area contributed by atoms with Crippen molar-refractivity contribution in [3.63, 3.8) is 0 Å². The second-order valence-corrected chi connectivity index (χ2v) is 4.14. The van der Waals surface area contributed by atoms with Gasteiger partial charge in [-0.05, 0) is 29.7 Å². The van der Waals surface area contributed by atoms with E-state index in [2.05, 4.69) is 0 Å². The van der Waals surface area contributed by atoms with Gasteiger partial charge in [-0.2, -0.15) is 0 Å². The summed E-state index contributed by atoms with van der Waals surface area (Å²) in [6.07, 6.45) is 2.89. The number of benzene rings is 1.